The van der Waals surface area contributed by atoms with Crippen molar-refractivity contribution in [2.24, 2.45) is 0 Å². The van der Waals surface area contributed by atoms with Gasteiger partial charge in [0.1, 0.15) is 23.6 Å². The Morgan fingerprint density at radius 2 is 2.26 bits per heavy atom. The van der Waals surface area contributed by atoms with Crippen LogP contribution in [0.2, 0.25) is 0 Å². The van der Waals surface area contributed by atoms with Crippen LogP contribution in [-0.4, -0.2) is 63.5 Å². The predicted octanol–water partition coefficient (Wildman–Crippen LogP) is 1.74. The molecule has 1 atom stereocenters. The largest absolute Gasteiger partial charge is 0.507 e. The number of rotatable bonds is 2. The molecule has 2 N–H and O–H groups in total. The molecule has 2 aliphatic heterocycles. The van der Waals surface area contributed by atoms with Gasteiger partial charge in [0.15, 0.2) is 0 Å². The summed E-state index contributed by atoms with van der Waals surface area (Å²) in [6, 6.07) is 3.26. The van der Waals surface area contributed by atoms with Crippen molar-refractivity contribution in [3.05, 3.63) is 18.0 Å². The van der Waals surface area contributed by atoms with Gasteiger partial charge in [-0.1, -0.05) is 0 Å². The lowest BCUT2D eigenvalue weighted by Crippen LogP contribution is -2.55. The molecule has 140 valence electrons. The van der Waals surface area contributed by atoms with Crippen LogP contribution in [0.15, 0.2) is 12.4 Å². The van der Waals surface area contributed by atoms with E-state index in [0.717, 1.165) is 23.8 Å². The van der Waals surface area contributed by atoms with Gasteiger partial charge in [-0.05, 0) is 12.8 Å². The Bertz CT molecular complexity index is 941. The summed E-state index contributed by atoms with van der Waals surface area (Å²) in [7, 11) is 0. The highest BCUT2D eigenvalue weighted by molar-refractivity contribution is 5.97. The summed E-state index contributed by atoms with van der Waals surface area (Å²) in [5.74, 6) is 1.41. The van der Waals surface area contributed by atoms with Crippen molar-refractivity contribution in [2.75, 3.05) is 31.1 Å². The van der Waals surface area contributed by atoms with Gasteiger partial charge < -0.3 is 24.7 Å². The summed E-state index contributed by atoms with van der Waals surface area (Å²) in [5.41, 5.74) is 1.33. The molecular weight excluding hydrogens is 350 g/mol. The molecular formula is C18H19N5O4. The zero-order chi connectivity index (χ0) is 19.0. The number of anilines is 1. The molecule has 0 bridgehead atoms. The number of phenols is 1. The van der Waals surface area contributed by atoms with E-state index in [2.05, 4.69) is 16.0 Å². The van der Waals surface area contributed by atoms with E-state index in [9.17, 15) is 15.0 Å². The van der Waals surface area contributed by atoms with E-state index in [1.165, 1.54) is 11.2 Å². The number of carboxylic acid groups (broad SMARTS) is 1. The second kappa shape index (κ2) is 6.79. The first-order valence-electron chi connectivity index (χ1n) is 8.84. The molecule has 3 heterocycles. The predicted molar refractivity (Wildman–Crippen MR) is 96.0 cm³/mol. The van der Waals surface area contributed by atoms with Crippen molar-refractivity contribution in [2.45, 2.75) is 25.3 Å². The first kappa shape index (κ1) is 17.1. The Morgan fingerprint density at radius 1 is 1.41 bits per heavy atom. The lowest BCUT2D eigenvalue weighted by molar-refractivity contribution is 0.119. The van der Waals surface area contributed by atoms with E-state index in [1.54, 1.807) is 6.07 Å². The number of hydrogen-bond donors (Lipinski definition) is 2. The molecule has 1 saturated heterocycles. The van der Waals surface area contributed by atoms with Crippen molar-refractivity contribution in [3.63, 3.8) is 0 Å². The smallest absolute Gasteiger partial charge is 0.407 e. The molecule has 1 aromatic heterocycles. The average molecular weight is 369 g/mol. The molecule has 1 aromatic carbocycles. The number of piperazine rings is 1. The number of fused-ring (bicyclic) bond motifs is 3. The van der Waals surface area contributed by atoms with Crippen molar-refractivity contribution in [1.82, 2.24) is 14.9 Å². The van der Waals surface area contributed by atoms with Gasteiger partial charge in [0, 0.05) is 31.3 Å². The molecule has 2 aliphatic rings. The zero-order valence-electron chi connectivity index (χ0n) is 14.6. The van der Waals surface area contributed by atoms with Crippen LogP contribution in [-0.2, 0) is 6.42 Å². The van der Waals surface area contributed by atoms with Crippen LogP contribution in [0.5, 0.6) is 11.5 Å². The fourth-order valence-corrected chi connectivity index (χ4v) is 3.84. The van der Waals surface area contributed by atoms with Crippen molar-refractivity contribution in [3.8, 4) is 17.6 Å². The van der Waals surface area contributed by atoms with Crippen LogP contribution in [0.25, 0.3) is 10.9 Å². The number of carbonyl (C=O) groups is 1. The summed E-state index contributed by atoms with van der Waals surface area (Å²) in [6.07, 6.45) is 2.07. The minimum atomic E-state index is -1.02. The van der Waals surface area contributed by atoms with E-state index in [0.29, 0.717) is 36.8 Å². The van der Waals surface area contributed by atoms with E-state index < -0.39 is 12.1 Å². The second-order valence-electron chi connectivity index (χ2n) is 6.68. The van der Waals surface area contributed by atoms with Crippen LogP contribution in [0.4, 0.5) is 10.6 Å². The molecule has 2 aromatic rings. The highest BCUT2D eigenvalue weighted by Gasteiger charge is 2.32. The molecule has 9 nitrogen and oxygen atoms in total. The van der Waals surface area contributed by atoms with E-state index in [4.69, 9.17) is 10.00 Å². The molecule has 1 unspecified atom stereocenters. The van der Waals surface area contributed by atoms with Crippen LogP contribution in [0.3, 0.4) is 0 Å². The molecule has 9 heteroatoms. The van der Waals surface area contributed by atoms with Crippen LogP contribution in [0.1, 0.15) is 18.4 Å². The minimum absolute atomic E-state index is 0.112. The third-order valence-corrected chi connectivity index (χ3v) is 5.11. The molecule has 1 fully saturated rings. The molecule has 0 saturated carbocycles. The third-order valence-electron chi connectivity index (χ3n) is 5.11. The zero-order valence-corrected chi connectivity index (χ0v) is 14.6. The maximum Gasteiger partial charge on any atom is 0.407 e. The summed E-state index contributed by atoms with van der Waals surface area (Å²) in [5, 5.41) is 29.5. The number of ether oxygens (including phenoxy) is 1. The van der Waals surface area contributed by atoms with E-state index in [1.807, 2.05) is 4.90 Å². The fourth-order valence-electron chi connectivity index (χ4n) is 3.84. The molecule has 27 heavy (non-hydrogen) atoms. The monoisotopic (exact) mass is 369 g/mol. The van der Waals surface area contributed by atoms with Crippen molar-refractivity contribution in [1.29, 1.82) is 5.26 Å². The quantitative estimate of drug-likeness (QED) is 0.821. The van der Waals surface area contributed by atoms with Crippen molar-refractivity contribution >= 4 is 22.8 Å². The number of aromatic nitrogens is 2. The van der Waals surface area contributed by atoms with Gasteiger partial charge >= 0.3 is 6.09 Å². The average Bonchev–Trinajstić information content (AvgIpc) is 2.68. The topological polar surface area (TPSA) is 123 Å². The SMILES string of the molecule is N#CCC1CN(c2ncnc3cc(O)c4c(c23)OCCC4)CCN1C(=O)O. The van der Waals surface area contributed by atoms with Gasteiger partial charge in [0.05, 0.1) is 36.0 Å². The number of amides is 1. The number of aromatic hydroxyl groups is 1. The van der Waals surface area contributed by atoms with E-state index in [-0.39, 0.29) is 18.7 Å². The standard InChI is InChI=1S/C18H19N5O4/c19-4-3-11-9-22(5-6-23(11)18(25)26)17-15-13(20-10-21-17)8-14(24)12-2-1-7-27-16(12)15/h8,10-11,24H,1-3,5-7,9H2,(H,25,26). The van der Waals surface area contributed by atoms with Gasteiger partial charge in [-0.15, -0.1) is 0 Å². The lowest BCUT2D eigenvalue weighted by Gasteiger charge is -2.40. The van der Waals surface area contributed by atoms with Crippen molar-refractivity contribution < 1.29 is 19.7 Å². The van der Waals surface area contributed by atoms with Gasteiger partial charge in [-0.2, -0.15) is 5.26 Å². The summed E-state index contributed by atoms with van der Waals surface area (Å²) >= 11 is 0. The number of benzene rings is 1. The highest BCUT2D eigenvalue weighted by atomic mass is 16.5. The minimum Gasteiger partial charge on any atom is -0.507 e. The first-order valence-corrected chi connectivity index (χ1v) is 8.84. The number of phenolic OH excluding ortho intramolecular Hbond substituents is 1. The highest BCUT2D eigenvalue weighted by Crippen LogP contribution is 2.42. The van der Waals surface area contributed by atoms with Crippen LogP contribution >= 0.6 is 0 Å². The Balaban J connectivity index is 1.78. The summed E-state index contributed by atoms with van der Waals surface area (Å²) < 4.78 is 5.86. The Hall–Kier alpha value is -3.28. The number of hydrogen-bond acceptors (Lipinski definition) is 7. The summed E-state index contributed by atoms with van der Waals surface area (Å²) in [4.78, 5) is 23.4. The maximum absolute atomic E-state index is 11.4. The number of nitrogens with zero attached hydrogens (tertiary/aromatic N) is 5. The number of nitriles is 1. The Kier molecular flexibility index (Phi) is 4.32. The maximum atomic E-state index is 11.4. The van der Waals surface area contributed by atoms with E-state index >= 15 is 0 Å². The van der Waals surface area contributed by atoms with Gasteiger partial charge in [0.25, 0.3) is 0 Å². The first-order chi connectivity index (χ1) is 13.1. The summed E-state index contributed by atoms with van der Waals surface area (Å²) in [6.45, 7) is 1.66. The Morgan fingerprint density at radius 3 is 3.04 bits per heavy atom. The molecule has 1 amide bonds. The van der Waals surface area contributed by atoms with Gasteiger partial charge in [-0.3, -0.25) is 0 Å². The molecule has 0 aliphatic carbocycles. The normalized spacial score (nSPS) is 19.3. The Labute approximate surface area is 155 Å². The molecule has 0 spiro atoms. The fraction of sp³-hybridized carbons (Fsp3) is 0.444. The lowest BCUT2D eigenvalue weighted by atomic mass is 10.0. The van der Waals surface area contributed by atoms with Gasteiger partial charge in [-0.25, -0.2) is 14.8 Å². The second-order valence-corrected chi connectivity index (χ2v) is 6.68. The van der Waals surface area contributed by atoms with Crippen LogP contribution in [0, 0.1) is 11.3 Å². The third kappa shape index (κ3) is 2.93. The molecule has 4 rings (SSSR count). The van der Waals surface area contributed by atoms with Crippen LogP contribution < -0.4 is 9.64 Å². The van der Waals surface area contributed by atoms with Gasteiger partial charge in [0.2, 0.25) is 0 Å². The molecule has 0 radical (unpaired) electrons.